The first-order valence-electron chi connectivity index (χ1n) is 6.44. The van der Waals surface area contributed by atoms with Crippen LogP contribution in [0.1, 0.15) is 52.4 Å². The maximum atomic E-state index is 9.55. The van der Waals surface area contributed by atoms with E-state index in [4.69, 9.17) is 0 Å². The van der Waals surface area contributed by atoms with E-state index < -0.39 is 0 Å². The standard InChI is InChI=1S/C13H27NO/c1-4-7-12(2)14(3)10-13(11-15)8-5-6-9-13/h12,15H,4-11H2,1-3H3. The molecule has 2 heteroatoms. The molecule has 0 heterocycles. The molecule has 1 unspecified atom stereocenters. The average Bonchev–Trinajstić information content (AvgIpc) is 2.67. The lowest BCUT2D eigenvalue weighted by atomic mass is 9.86. The maximum absolute atomic E-state index is 9.55. The fourth-order valence-corrected chi connectivity index (χ4v) is 2.81. The highest BCUT2D eigenvalue weighted by atomic mass is 16.3. The van der Waals surface area contributed by atoms with Gasteiger partial charge in [0.1, 0.15) is 0 Å². The van der Waals surface area contributed by atoms with E-state index in [1.165, 1.54) is 38.5 Å². The van der Waals surface area contributed by atoms with Crippen molar-refractivity contribution in [2.45, 2.75) is 58.4 Å². The van der Waals surface area contributed by atoms with Crippen molar-refractivity contribution in [2.75, 3.05) is 20.2 Å². The van der Waals surface area contributed by atoms with E-state index in [0.717, 1.165) is 6.54 Å². The van der Waals surface area contributed by atoms with Crippen LogP contribution in [0.25, 0.3) is 0 Å². The highest BCUT2D eigenvalue weighted by molar-refractivity contribution is 4.87. The Morgan fingerprint density at radius 1 is 1.33 bits per heavy atom. The molecule has 1 aliphatic rings. The molecule has 1 rings (SSSR count). The molecule has 0 amide bonds. The summed E-state index contributed by atoms with van der Waals surface area (Å²) in [6, 6.07) is 0.652. The van der Waals surface area contributed by atoms with E-state index in [2.05, 4.69) is 25.8 Å². The Hall–Kier alpha value is -0.0800. The van der Waals surface area contributed by atoms with Gasteiger partial charge in [-0.25, -0.2) is 0 Å². The topological polar surface area (TPSA) is 23.5 Å². The lowest BCUT2D eigenvalue weighted by molar-refractivity contribution is 0.0729. The zero-order valence-electron chi connectivity index (χ0n) is 10.6. The van der Waals surface area contributed by atoms with Crippen LogP contribution in [0.2, 0.25) is 0 Å². The van der Waals surface area contributed by atoms with Gasteiger partial charge in [-0.15, -0.1) is 0 Å². The molecule has 0 saturated heterocycles. The van der Waals surface area contributed by atoms with E-state index in [1.807, 2.05) is 0 Å². The lowest BCUT2D eigenvalue weighted by Gasteiger charge is -2.35. The molecule has 0 aromatic rings. The third-order valence-corrected chi connectivity index (χ3v) is 4.04. The lowest BCUT2D eigenvalue weighted by Crippen LogP contribution is -2.40. The number of hydrogen-bond acceptors (Lipinski definition) is 2. The Morgan fingerprint density at radius 3 is 2.40 bits per heavy atom. The van der Waals surface area contributed by atoms with Crippen molar-refractivity contribution in [2.24, 2.45) is 5.41 Å². The molecule has 0 radical (unpaired) electrons. The number of aliphatic hydroxyl groups is 1. The van der Waals surface area contributed by atoms with Gasteiger partial charge in [0, 0.05) is 24.6 Å². The van der Waals surface area contributed by atoms with Gasteiger partial charge in [-0.05, 0) is 33.2 Å². The molecular formula is C13H27NO. The van der Waals surface area contributed by atoms with Crippen LogP contribution >= 0.6 is 0 Å². The summed E-state index contributed by atoms with van der Waals surface area (Å²) in [6.07, 6.45) is 7.54. The Balaban J connectivity index is 2.43. The van der Waals surface area contributed by atoms with Gasteiger partial charge >= 0.3 is 0 Å². The van der Waals surface area contributed by atoms with Gasteiger partial charge in [0.05, 0.1) is 0 Å². The molecule has 1 atom stereocenters. The van der Waals surface area contributed by atoms with Crippen molar-refractivity contribution in [1.82, 2.24) is 4.90 Å². The first-order valence-corrected chi connectivity index (χ1v) is 6.44. The van der Waals surface area contributed by atoms with E-state index in [9.17, 15) is 5.11 Å². The van der Waals surface area contributed by atoms with Gasteiger partial charge in [0.25, 0.3) is 0 Å². The summed E-state index contributed by atoms with van der Waals surface area (Å²) in [4.78, 5) is 2.44. The molecule has 1 aliphatic carbocycles. The molecular weight excluding hydrogens is 186 g/mol. The van der Waals surface area contributed by atoms with Crippen molar-refractivity contribution < 1.29 is 5.11 Å². The van der Waals surface area contributed by atoms with Gasteiger partial charge in [-0.2, -0.15) is 0 Å². The van der Waals surface area contributed by atoms with E-state index in [1.54, 1.807) is 0 Å². The minimum Gasteiger partial charge on any atom is -0.396 e. The van der Waals surface area contributed by atoms with E-state index in [0.29, 0.717) is 12.6 Å². The first kappa shape index (κ1) is 13.0. The fraction of sp³-hybridized carbons (Fsp3) is 1.00. The van der Waals surface area contributed by atoms with Crippen LogP contribution in [-0.2, 0) is 0 Å². The van der Waals surface area contributed by atoms with Gasteiger partial charge in [-0.1, -0.05) is 26.2 Å². The van der Waals surface area contributed by atoms with Crippen LogP contribution in [0, 0.1) is 5.41 Å². The Bertz CT molecular complexity index is 175. The normalized spacial score (nSPS) is 22.2. The third-order valence-electron chi connectivity index (χ3n) is 4.04. The second-order valence-electron chi connectivity index (χ2n) is 5.42. The van der Waals surface area contributed by atoms with Gasteiger partial charge < -0.3 is 10.0 Å². The summed E-state index contributed by atoms with van der Waals surface area (Å²) < 4.78 is 0. The molecule has 1 saturated carbocycles. The van der Waals surface area contributed by atoms with Gasteiger partial charge in [-0.3, -0.25) is 0 Å². The van der Waals surface area contributed by atoms with Crippen LogP contribution in [0.4, 0.5) is 0 Å². The van der Waals surface area contributed by atoms with Crippen molar-refractivity contribution in [3.8, 4) is 0 Å². The number of rotatable bonds is 6. The maximum Gasteiger partial charge on any atom is 0.0499 e. The molecule has 2 nitrogen and oxygen atoms in total. The molecule has 0 aromatic carbocycles. The van der Waals surface area contributed by atoms with Crippen LogP contribution in [-0.4, -0.2) is 36.2 Å². The molecule has 0 aliphatic heterocycles. The minimum absolute atomic E-state index is 0.219. The second-order valence-corrected chi connectivity index (χ2v) is 5.42. The summed E-state index contributed by atoms with van der Waals surface area (Å²) >= 11 is 0. The predicted octanol–water partition coefficient (Wildman–Crippen LogP) is 2.66. The zero-order valence-corrected chi connectivity index (χ0v) is 10.6. The summed E-state index contributed by atoms with van der Waals surface area (Å²) in [6.45, 7) is 5.98. The number of nitrogens with zero attached hydrogens (tertiary/aromatic N) is 1. The van der Waals surface area contributed by atoms with Crippen LogP contribution in [0.3, 0.4) is 0 Å². The smallest absolute Gasteiger partial charge is 0.0499 e. The average molecular weight is 213 g/mol. The Labute approximate surface area is 94.7 Å². The monoisotopic (exact) mass is 213 g/mol. The van der Waals surface area contributed by atoms with E-state index in [-0.39, 0.29) is 5.41 Å². The second kappa shape index (κ2) is 5.86. The third kappa shape index (κ3) is 3.46. The van der Waals surface area contributed by atoms with Crippen LogP contribution in [0.15, 0.2) is 0 Å². The number of hydrogen-bond donors (Lipinski definition) is 1. The van der Waals surface area contributed by atoms with Crippen molar-refractivity contribution in [1.29, 1.82) is 0 Å². The highest BCUT2D eigenvalue weighted by Gasteiger charge is 2.34. The summed E-state index contributed by atoms with van der Waals surface area (Å²) in [5.74, 6) is 0. The Morgan fingerprint density at radius 2 is 1.93 bits per heavy atom. The van der Waals surface area contributed by atoms with Crippen LogP contribution in [0.5, 0.6) is 0 Å². The zero-order chi connectivity index (χ0) is 11.3. The predicted molar refractivity (Wildman–Crippen MR) is 65.0 cm³/mol. The molecule has 0 bridgehead atoms. The summed E-state index contributed by atoms with van der Waals surface area (Å²) in [5.41, 5.74) is 0.219. The quantitative estimate of drug-likeness (QED) is 0.733. The fourth-order valence-electron chi connectivity index (χ4n) is 2.81. The van der Waals surface area contributed by atoms with Gasteiger partial charge in [0.15, 0.2) is 0 Å². The van der Waals surface area contributed by atoms with Crippen molar-refractivity contribution in [3.63, 3.8) is 0 Å². The first-order chi connectivity index (χ1) is 7.13. The van der Waals surface area contributed by atoms with E-state index >= 15 is 0 Å². The molecule has 0 spiro atoms. The molecule has 1 fully saturated rings. The minimum atomic E-state index is 0.219. The SMILES string of the molecule is CCCC(C)N(C)CC1(CO)CCCC1. The molecule has 15 heavy (non-hydrogen) atoms. The largest absolute Gasteiger partial charge is 0.396 e. The summed E-state index contributed by atoms with van der Waals surface area (Å²) in [5, 5.41) is 9.55. The Kier molecular flexibility index (Phi) is 5.07. The van der Waals surface area contributed by atoms with Crippen molar-refractivity contribution in [3.05, 3.63) is 0 Å². The highest BCUT2D eigenvalue weighted by Crippen LogP contribution is 2.38. The molecule has 0 aromatic heterocycles. The molecule has 1 N–H and O–H groups in total. The summed E-state index contributed by atoms with van der Waals surface area (Å²) in [7, 11) is 2.20. The van der Waals surface area contributed by atoms with Crippen molar-refractivity contribution >= 4 is 0 Å². The van der Waals surface area contributed by atoms with Crippen LogP contribution < -0.4 is 0 Å². The van der Waals surface area contributed by atoms with Gasteiger partial charge in [0.2, 0.25) is 0 Å². The molecule has 90 valence electrons. The number of aliphatic hydroxyl groups excluding tert-OH is 1.